The summed E-state index contributed by atoms with van der Waals surface area (Å²) in [7, 11) is 3.88. The molecule has 2 aromatic heterocycles. The molecule has 3 heterocycles. The van der Waals surface area contributed by atoms with Gasteiger partial charge in [0, 0.05) is 62.2 Å². The van der Waals surface area contributed by atoms with Crippen molar-refractivity contribution in [2.45, 2.75) is 39.5 Å². The second kappa shape index (κ2) is 10.9. The number of fused-ring (bicyclic) bond motifs is 1. The van der Waals surface area contributed by atoms with Gasteiger partial charge in [0.1, 0.15) is 5.82 Å². The Kier molecular flexibility index (Phi) is 7.75. The van der Waals surface area contributed by atoms with Crippen LogP contribution in [0, 0.1) is 0 Å². The Morgan fingerprint density at radius 3 is 2.69 bits per heavy atom. The van der Waals surface area contributed by atoms with Gasteiger partial charge in [-0.15, -0.1) is 0 Å². The predicted molar refractivity (Wildman–Crippen MR) is 140 cm³/mol. The highest BCUT2D eigenvalue weighted by Gasteiger charge is 2.30. The van der Waals surface area contributed by atoms with Crippen molar-refractivity contribution in [2.24, 2.45) is 5.73 Å². The van der Waals surface area contributed by atoms with Gasteiger partial charge in [-0.25, -0.2) is 10.4 Å². The summed E-state index contributed by atoms with van der Waals surface area (Å²) in [6.45, 7) is 7.49. The van der Waals surface area contributed by atoms with E-state index in [9.17, 15) is 4.79 Å². The topological polar surface area (TPSA) is 90.6 Å². The van der Waals surface area contributed by atoms with Crippen LogP contribution in [-0.4, -0.2) is 58.9 Å². The van der Waals surface area contributed by atoms with Crippen molar-refractivity contribution in [2.75, 3.05) is 32.2 Å². The zero-order valence-electron chi connectivity index (χ0n) is 21.0. The number of rotatable bonds is 9. The molecule has 0 saturated carbocycles. The van der Waals surface area contributed by atoms with Crippen molar-refractivity contribution in [1.29, 1.82) is 0 Å². The molecule has 4 rings (SSSR count). The molecule has 0 unspecified atom stereocenters. The highest BCUT2D eigenvalue weighted by molar-refractivity contribution is 5.98. The minimum Gasteiger partial charge on any atom is -0.336 e. The standard InChI is InChI=1S/C27H35N7O/c1-19(2)34-26-24(16-30-34)23(27(35)33(4)18-22-10-5-6-12-29-22)15-25(31-26)21-9-7-8-20(14-21)17-32(3)13-11-28/h5-10,12,14-15,19,30H,11,13,16-18,28H2,1-4H3. The highest BCUT2D eigenvalue weighted by atomic mass is 16.2. The van der Waals surface area contributed by atoms with Crippen molar-refractivity contribution >= 4 is 11.7 Å². The number of pyridine rings is 2. The summed E-state index contributed by atoms with van der Waals surface area (Å²) in [6.07, 6.45) is 1.75. The monoisotopic (exact) mass is 473 g/mol. The molecule has 1 aliphatic rings. The molecule has 3 aromatic rings. The van der Waals surface area contributed by atoms with Gasteiger partial charge in [0.15, 0.2) is 0 Å². The molecule has 1 aliphatic heterocycles. The summed E-state index contributed by atoms with van der Waals surface area (Å²) in [5.74, 6) is 0.777. The first-order valence-electron chi connectivity index (χ1n) is 12.1. The van der Waals surface area contributed by atoms with Crippen LogP contribution in [0.25, 0.3) is 11.3 Å². The number of hydrogen-bond acceptors (Lipinski definition) is 7. The molecule has 0 saturated heterocycles. The van der Waals surface area contributed by atoms with Crippen LogP contribution >= 0.6 is 0 Å². The van der Waals surface area contributed by atoms with Crippen molar-refractivity contribution in [3.8, 4) is 11.3 Å². The Labute approximate surface area is 207 Å². The summed E-state index contributed by atoms with van der Waals surface area (Å²) < 4.78 is 0. The molecule has 8 nitrogen and oxygen atoms in total. The van der Waals surface area contributed by atoms with E-state index in [0.717, 1.165) is 41.4 Å². The fourth-order valence-electron chi connectivity index (χ4n) is 4.39. The minimum atomic E-state index is -0.0400. The lowest BCUT2D eigenvalue weighted by molar-refractivity contribution is 0.0782. The van der Waals surface area contributed by atoms with Crippen molar-refractivity contribution in [1.82, 2.24) is 25.2 Å². The zero-order valence-corrected chi connectivity index (χ0v) is 21.0. The number of benzene rings is 1. The van der Waals surface area contributed by atoms with Crippen molar-refractivity contribution in [3.05, 3.63) is 77.1 Å². The van der Waals surface area contributed by atoms with E-state index in [2.05, 4.69) is 54.4 Å². The van der Waals surface area contributed by atoms with E-state index in [1.165, 1.54) is 5.56 Å². The normalized spacial score (nSPS) is 12.9. The van der Waals surface area contributed by atoms with E-state index < -0.39 is 0 Å². The van der Waals surface area contributed by atoms with E-state index in [1.54, 1.807) is 11.1 Å². The number of aromatic nitrogens is 2. The molecule has 1 aromatic carbocycles. The first-order chi connectivity index (χ1) is 16.9. The molecule has 0 spiro atoms. The summed E-state index contributed by atoms with van der Waals surface area (Å²) in [4.78, 5) is 27.0. The number of anilines is 1. The number of hydrogen-bond donors (Lipinski definition) is 2. The Morgan fingerprint density at radius 2 is 1.97 bits per heavy atom. The molecule has 0 radical (unpaired) electrons. The maximum Gasteiger partial charge on any atom is 0.254 e. The first-order valence-corrected chi connectivity index (χ1v) is 12.1. The van der Waals surface area contributed by atoms with Gasteiger partial charge in [0.25, 0.3) is 5.91 Å². The lowest BCUT2D eigenvalue weighted by Gasteiger charge is -2.24. The van der Waals surface area contributed by atoms with Gasteiger partial charge < -0.3 is 15.5 Å². The van der Waals surface area contributed by atoms with E-state index in [0.29, 0.717) is 25.2 Å². The van der Waals surface area contributed by atoms with Gasteiger partial charge in [-0.2, -0.15) is 0 Å². The van der Waals surface area contributed by atoms with Gasteiger partial charge >= 0.3 is 0 Å². The smallest absolute Gasteiger partial charge is 0.254 e. The summed E-state index contributed by atoms with van der Waals surface area (Å²) in [5.41, 5.74) is 14.5. The third-order valence-electron chi connectivity index (χ3n) is 6.16. The summed E-state index contributed by atoms with van der Waals surface area (Å²) >= 11 is 0. The fourth-order valence-corrected chi connectivity index (χ4v) is 4.39. The fraction of sp³-hybridized carbons (Fsp3) is 0.370. The Hall–Kier alpha value is -3.33. The second-order valence-electron chi connectivity index (χ2n) is 9.36. The molecule has 0 bridgehead atoms. The molecule has 184 valence electrons. The van der Waals surface area contributed by atoms with E-state index in [4.69, 9.17) is 10.7 Å². The molecular formula is C27H35N7O. The summed E-state index contributed by atoms with van der Waals surface area (Å²) in [5, 5.41) is 2.05. The third-order valence-corrected chi connectivity index (χ3v) is 6.16. The van der Waals surface area contributed by atoms with Crippen LogP contribution in [0.2, 0.25) is 0 Å². The third kappa shape index (κ3) is 5.67. The molecule has 3 N–H and O–H groups in total. The molecule has 35 heavy (non-hydrogen) atoms. The van der Waals surface area contributed by atoms with Gasteiger partial charge in [0.2, 0.25) is 0 Å². The quantitative estimate of drug-likeness (QED) is 0.494. The first kappa shape index (κ1) is 24.8. The number of carbonyl (C=O) groups excluding carboxylic acids is 1. The van der Waals surface area contributed by atoms with Gasteiger partial charge in [-0.05, 0) is 50.7 Å². The lowest BCUT2D eigenvalue weighted by atomic mass is 10.0. The Bertz CT molecular complexity index is 1170. The minimum absolute atomic E-state index is 0.0400. The zero-order chi connectivity index (χ0) is 24.9. The maximum absolute atomic E-state index is 13.7. The van der Waals surface area contributed by atoms with E-state index in [-0.39, 0.29) is 11.9 Å². The number of likely N-dealkylation sites (N-methyl/N-ethyl adjacent to an activating group) is 1. The van der Waals surface area contributed by atoms with Crippen LogP contribution < -0.4 is 16.2 Å². The number of nitrogens with zero attached hydrogens (tertiary/aromatic N) is 5. The van der Waals surface area contributed by atoms with Crippen LogP contribution in [0.5, 0.6) is 0 Å². The summed E-state index contributed by atoms with van der Waals surface area (Å²) in [6, 6.07) is 16.2. The maximum atomic E-state index is 13.7. The second-order valence-corrected chi connectivity index (χ2v) is 9.36. The van der Waals surface area contributed by atoms with Gasteiger partial charge in [-0.3, -0.25) is 14.8 Å². The predicted octanol–water partition coefficient (Wildman–Crippen LogP) is 3.04. The average Bonchev–Trinajstić information content (AvgIpc) is 3.28. The Balaban J connectivity index is 1.71. The van der Waals surface area contributed by atoms with E-state index in [1.807, 2.05) is 42.4 Å². The lowest BCUT2D eigenvalue weighted by Crippen LogP contribution is -2.38. The van der Waals surface area contributed by atoms with Crippen LogP contribution in [0.3, 0.4) is 0 Å². The van der Waals surface area contributed by atoms with E-state index >= 15 is 0 Å². The van der Waals surface area contributed by atoms with Crippen molar-refractivity contribution in [3.63, 3.8) is 0 Å². The number of nitrogens with two attached hydrogens (primary N) is 1. The van der Waals surface area contributed by atoms with Gasteiger partial charge in [0.05, 0.1) is 17.9 Å². The van der Waals surface area contributed by atoms with Crippen LogP contribution in [0.1, 0.15) is 41.0 Å². The number of hydrazine groups is 1. The van der Waals surface area contributed by atoms with Crippen molar-refractivity contribution < 1.29 is 4.79 Å². The molecule has 0 fully saturated rings. The van der Waals surface area contributed by atoms with Crippen LogP contribution in [0.4, 0.5) is 5.82 Å². The molecular weight excluding hydrogens is 438 g/mol. The van der Waals surface area contributed by atoms with Gasteiger partial charge in [-0.1, -0.05) is 24.3 Å². The van der Waals surface area contributed by atoms with Crippen LogP contribution in [-0.2, 0) is 19.6 Å². The Morgan fingerprint density at radius 1 is 1.14 bits per heavy atom. The molecule has 0 aliphatic carbocycles. The largest absolute Gasteiger partial charge is 0.336 e. The molecule has 0 atom stereocenters. The molecule has 8 heteroatoms. The number of nitrogens with one attached hydrogen (secondary N) is 1. The SMILES string of the molecule is CC(C)N1NCc2c(C(=O)N(C)Cc3ccccn3)cc(-c3cccc(CN(C)CCN)c3)nc21. The average molecular weight is 474 g/mol. The molecule has 1 amide bonds. The number of amides is 1. The number of carbonyl (C=O) groups is 1. The van der Waals surface area contributed by atoms with Crippen LogP contribution in [0.15, 0.2) is 54.7 Å². The highest BCUT2D eigenvalue weighted by Crippen LogP contribution is 2.33.